The minimum absolute atomic E-state index is 0.272. The zero-order chi connectivity index (χ0) is 16.6. The Labute approximate surface area is 133 Å². The molecule has 0 radical (unpaired) electrons. The monoisotopic (exact) mass is 308 g/mol. The molecule has 0 atom stereocenters. The Morgan fingerprint density at radius 3 is 2.48 bits per heavy atom. The number of hydrogen-bond acceptors (Lipinski definition) is 3. The fraction of sp³-hybridized carbons (Fsp3) is 0.167. The van der Waals surface area contributed by atoms with Gasteiger partial charge < -0.3 is 5.32 Å². The van der Waals surface area contributed by atoms with Gasteiger partial charge in [-0.05, 0) is 36.2 Å². The molecule has 2 aromatic rings. The van der Waals surface area contributed by atoms with Crippen LogP contribution in [-0.4, -0.2) is 29.7 Å². The lowest BCUT2D eigenvalue weighted by Crippen LogP contribution is -2.24. The van der Waals surface area contributed by atoms with Crippen molar-refractivity contribution in [2.75, 3.05) is 12.4 Å². The van der Waals surface area contributed by atoms with Gasteiger partial charge in [0.05, 0.1) is 11.1 Å². The standard InChI is InChI=1S/C18H16N2O3/c1-3-11-6-4-5-7-15(11)19-16(21)12-8-9-13-14(10-12)18(23)20(2)17(13)22/h4-10H,3H2,1-2H3,(H,19,21). The number of imide groups is 1. The van der Waals surface area contributed by atoms with E-state index in [0.29, 0.717) is 11.1 Å². The molecule has 5 heteroatoms. The number of aryl methyl sites for hydroxylation is 1. The van der Waals surface area contributed by atoms with Crippen LogP contribution in [0.4, 0.5) is 5.69 Å². The Morgan fingerprint density at radius 2 is 1.74 bits per heavy atom. The first-order valence-electron chi connectivity index (χ1n) is 7.38. The Kier molecular flexibility index (Phi) is 3.70. The third-order valence-electron chi connectivity index (χ3n) is 4.00. The van der Waals surface area contributed by atoms with Crippen molar-refractivity contribution in [3.63, 3.8) is 0 Å². The Hall–Kier alpha value is -2.95. The summed E-state index contributed by atoms with van der Waals surface area (Å²) >= 11 is 0. The first-order chi connectivity index (χ1) is 11.0. The quantitative estimate of drug-likeness (QED) is 0.887. The van der Waals surface area contributed by atoms with Crippen LogP contribution in [-0.2, 0) is 6.42 Å². The molecule has 0 spiro atoms. The van der Waals surface area contributed by atoms with Crippen molar-refractivity contribution in [2.45, 2.75) is 13.3 Å². The third kappa shape index (κ3) is 2.50. The second-order valence-corrected chi connectivity index (χ2v) is 5.39. The zero-order valence-corrected chi connectivity index (χ0v) is 12.9. The van der Waals surface area contributed by atoms with E-state index in [2.05, 4.69) is 5.32 Å². The molecular weight excluding hydrogens is 292 g/mol. The van der Waals surface area contributed by atoms with Crippen LogP contribution in [0.1, 0.15) is 43.6 Å². The van der Waals surface area contributed by atoms with Crippen molar-refractivity contribution < 1.29 is 14.4 Å². The fourth-order valence-corrected chi connectivity index (χ4v) is 2.65. The van der Waals surface area contributed by atoms with Crippen molar-refractivity contribution in [3.8, 4) is 0 Å². The molecule has 1 heterocycles. The molecule has 0 unspecified atom stereocenters. The number of anilines is 1. The lowest BCUT2D eigenvalue weighted by Gasteiger charge is -2.10. The van der Waals surface area contributed by atoms with E-state index in [4.69, 9.17) is 0 Å². The van der Waals surface area contributed by atoms with Crippen LogP contribution in [0.3, 0.4) is 0 Å². The van der Waals surface area contributed by atoms with E-state index in [0.717, 1.165) is 22.6 Å². The summed E-state index contributed by atoms with van der Waals surface area (Å²) in [5.74, 6) is -1.02. The van der Waals surface area contributed by atoms with E-state index in [1.807, 2.05) is 31.2 Å². The van der Waals surface area contributed by atoms with Gasteiger partial charge in [-0.2, -0.15) is 0 Å². The second kappa shape index (κ2) is 5.68. The maximum Gasteiger partial charge on any atom is 0.261 e. The maximum absolute atomic E-state index is 12.4. The number of para-hydroxylation sites is 1. The van der Waals surface area contributed by atoms with Crippen molar-refractivity contribution in [1.29, 1.82) is 0 Å². The summed E-state index contributed by atoms with van der Waals surface area (Å²) in [4.78, 5) is 37.4. The summed E-state index contributed by atoms with van der Waals surface area (Å²) < 4.78 is 0. The lowest BCUT2D eigenvalue weighted by molar-refractivity contribution is 0.0693. The summed E-state index contributed by atoms with van der Waals surface area (Å²) in [6.45, 7) is 2.01. The molecule has 116 valence electrons. The highest BCUT2D eigenvalue weighted by molar-refractivity contribution is 6.22. The number of carbonyl (C=O) groups excluding carboxylic acids is 3. The van der Waals surface area contributed by atoms with Gasteiger partial charge in [0.25, 0.3) is 17.7 Å². The number of nitrogens with zero attached hydrogens (tertiary/aromatic N) is 1. The van der Waals surface area contributed by atoms with Gasteiger partial charge in [0, 0.05) is 18.3 Å². The molecule has 0 fully saturated rings. The molecular formula is C18H16N2O3. The van der Waals surface area contributed by atoms with Crippen molar-refractivity contribution in [1.82, 2.24) is 4.90 Å². The van der Waals surface area contributed by atoms with Crippen molar-refractivity contribution in [2.24, 2.45) is 0 Å². The molecule has 0 saturated carbocycles. The number of amides is 3. The SMILES string of the molecule is CCc1ccccc1NC(=O)c1ccc2c(c1)C(=O)N(C)C2=O. The molecule has 23 heavy (non-hydrogen) atoms. The van der Waals surface area contributed by atoms with Gasteiger partial charge in [-0.15, -0.1) is 0 Å². The highest BCUT2D eigenvalue weighted by atomic mass is 16.2. The van der Waals surface area contributed by atoms with E-state index in [9.17, 15) is 14.4 Å². The summed E-state index contributed by atoms with van der Waals surface area (Å²) in [6, 6.07) is 12.1. The number of hydrogen-bond donors (Lipinski definition) is 1. The number of carbonyl (C=O) groups is 3. The molecule has 3 rings (SSSR count). The average molecular weight is 308 g/mol. The molecule has 5 nitrogen and oxygen atoms in total. The van der Waals surface area contributed by atoms with E-state index in [1.165, 1.54) is 19.2 Å². The smallest absolute Gasteiger partial charge is 0.261 e. The van der Waals surface area contributed by atoms with E-state index >= 15 is 0 Å². The number of benzene rings is 2. The first kappa shape index (κ1) is 15.0. The van der Waals surface area contributed by atoms with Gasteiger partial charge in [0.1, 0.15) is 0 Å². The molecule has 1 N–H and O–H groups in total. The molecule has 1 aliphatic heterocycles. The van der Waals surface area contributed by atoms with Gasteiger partial charge in [0.2, 0.25) is 0 Å². The van der Waals surface area contributed by atoms with Crippen LogP contribution in [0.25, 0.3) is 0 Å². The number of rotatable bonds is 3. The molecule has 3 amide bonds. The summed E-state index contributed by atoms with van der Waals surface area (Å²) in [6.07, 6.45) is 0.804. The third-order valence-corrected chi connectivity index (χ3v) is 4.00. The molecule has 2 aromatic carbocycles. The van der Waals surface area contributed by atoms with Crippen LogP contribution in [0.15, 0.2) is 42.5 Å². The second-order valence-electron chi connectivity index (χ2n) is 5.39. The molecule has 0 aromatic heterocycles. The van der Waals surface area contributed by atoms with Gasteiger partial charge in [-0.3, -0.25) is 19.3 Å². The Morgan fingerprint density at radius 1 is 1.04 bits per heavy atom. The van der Waals surface area contributed by atoms with Crippen molar-refractivity contribution in [3.05, 3.63) is 64.7 Å². The van der Waals surface area contributed by atoms with Gasteiger partial charge in [-0.25, -0.2) is 0 Å². The topological polar surface area (TPSA) is 66.5 Å². The summed E-state index contributed by atoms with van der Waals surface area (Å²) in [5.41, 5.74) is 2.75. The first-order valence-corrected chi connectivity index (χ1v) is 7.38. The molecule has 0 bridgehead atoms. The van der Waals surface area contributed by atoms with Crippen molar-refractivity contribution >= 4 is 23.4 Å². The molecule has 1 aliphatic rings. The minimum Gasteiger partial charge on any atom is -0.322 e. The van der Waals surface area contributed by atoms with E-state index in [1.54, 1.807) is 6.07 Å². The van der Waals surface area contributed by atoms with Crippen LogP contribution >= 0.6 is 0 Å². The predicted molar refractivity (Wildman–Crippen MR) is 86.6 cm³/mol. The van der Waals surface area contributed by atoms with Crippen LogP contribution < -0.4 is 5.32 Å². The predicted octanol–water partition coefficient (Wildman–Crippen LogP) is 2.73. The van der Waals surface area contributed by atoms with Crippen LogP contribution in [0, 0.1) is 0 Å². The van der Waals surface area contributed by atoms with Crippen LogP contribution in [0.5, 0.6) is 0 Å². The highest BCUT2D eigenvalue weighted by Crippen LogP contribution is 2.23. The maximum atomic E-state index is 12.4. The largest absolute Gasteiger partial charge is 0.322 e. The summed E-state index contributed by atoms with van der Waals surface area (Å²) in [7, 11) is 1.43. The fourth-order valence-electron chi connectivity index (χ4n) is 2.65. The van der Waals surface area contributed by atoms with Gasteiger partial charge >= 0.3 is 0 Å². The zero-order valence-electron chi connectivity index (χ0n) is 12.9. The average Bonchev–Trinajstić information content (AvgIpc) is 2.79. The van der Waals surface area contributed by atoms with Crippen LogP contribution in [0.2, 0.25) is 0 Å². The number of fused-ring (bicyclic) bond motifs is 1. The Balaban J connectivity index is 1.90. The molecule has 0 saturated heterocycles. The summed E-state index contributed by atoms with van der Waals surface area (Å²) in [5, 5.41) is 2.86. The lowest BCUT2D eigenvalue weighted by atomic mass is 10.0. The van der Waals surface area contributed by atoms with Gasteiger partial charge in [0.15, 0.2) is 0 Å². The van der Waals surface area contributed by atoms with E-state index in [-0.39, 0.29) is 23.3 Å². The minimum atomic E-state index is -0.381. The number of nitrogens with one attached hydrogen (secondary N) is 1. The Bertz CT molecular complexity index is 827. The van der Waals surface area contributed by atoms with Gasteiger partial charge in [-0.1, -0.05) is 25.1 Å². The highest BCUT2D eigenvalue weighted by Gasteiger charge is 2.33. The normalized spacial score (nSPS) is 13.2. The van der Waals surface area contributed by atoms with E-state index < -0.39 is 0 Å². The molecule has 0 aliphatic carbocycles.